The molecule has 0 radical (unpaired) electrons. The second-order valence-electron chi connectivity index (χ2n) is 8.92. The summed E-state index contributed by atoms with van der Waals surface area (Å²) < 4.78 is 0. The van der Waals surface area contributed by atoms with E-state index in [2.05, 4.69) is 41.4 Å². The molecule has 138 valence electrons. The Morgan fingerprint density at radius 2 is 2.19 bits per heavy atom. The first-order valence-electron chi connectivity index (χ1n) is 9.98. The van der Waals surface area contributed by atoms with Crippen molar-refractivity contribution in [1.82, 2.24) is 4.90 Å². The number of piperidine rings is 1. The number of carbonyl (C=O) groups is 1. The van der Waals surface area contributed by atoms with Crippen LogP contribution < -0.4 is 5.32 Å². The minimum atomic E-state index is -0.881. The molecule has 4 heteroatoms. The highest BCUT2D eigenvalue weighted by atomic mass is 16.3. The standard InChI is InChI=1S/C22H28N2O2/c1-3-20-9-8-16(12-15(2)25)18(13-20)22-21(26,10-11-24(22)14-20)17-6-4-5-7-19(17)23-22/h4-9,16,18,23,26H,3,10-14H2,1-2H3/t16-,18+,20+,21-,22+/m1/s1. The van der Waals surface area contributed by atoms with Crippen molar-refractivity contribution in [3.8, 4) is 0 Å². The van der Waals surface area contributed by atoms with Gasteiger partial charge in [-0.05, 0) is 38.2 Å². The SMILES string of the molecule is CC[C@]12C=C[C@H](CC(C)=O)[C@H](C1)[C@@]13Nc4ccccc4[C@]1(O)CCN3C2. The molecule has 1 spiro atoms. The Labute approximate surface area is 155 Å². The van der Waals surface area contributed by atoms with Gasteiger partial charge in [0.1, 0.15) is 17.0 Å². The molecule has 5 atom stereocenters. The van der Waals surface area contributed by atoms with Gasteiger partial charge in [0.2, 0.25) is 0 Å². The van der Waals surface area contributed by atoms with Crippen molar-refractivity contribution in [1.29, 1.82) is 0 Å². The lowest BCUT2D eigenvalue weighted by Crippen LogP contribution is -2.70. The van der Waals surface area contributed by atoms with E-state index in [9.17, 15) is 9.90 Å². The van der Waals surface area contributed by atoms with Crippen molar-refractivity contribution in [3.05, 3.63) is 42.0 Å². The van der Waals surface area contributed by atoms with Gasteiger partial charge in [-0.15, -0.1) is 0 Å². The van der Waals surface area contributed by atoms with E-state index in [4.69, 9.17) is 0 Å². The lowest BCUT2D eigenvalue weighted by Gasteiger charge is -2.60. The van der Waals surface area contributed by atoms with Crippen molar-refractivity contribution in [2.75, 3.05) is 18.4 Å². The van der Waals surface area contributed by atoms with Crippen LogP contribution >= 0.6 is 0 Å². The first kappa shape index (κ1) is 16.5. The summed E-state index contributed by atoms with van der Waals surface area (Å²) >= 11 is 0. The summed E-state index contributed by atoms with van der Waals surface area (Å²) in [5.74, 6) is 0.639. The normalized spacial score (nSPS) is 42.7. The minimum absolute atomic E-state index is 0.172. The number of nitrogens with one attached hydrogen (secondary N) is 1. The summed E-state index contributed by atoms with van der Waals surface area (Å²) in [6.45, 7) is 5.83. The number of anilines is 1. The monoisotopic (exact) mass is 352 g/mol. The van der Waals surface area contributed by atoms with E-state index in [1.165, 1.54) is 0 Å². The fourth-order valence-corrected chi connectivity index (χ4v) is 6.43. The molecule has 4 aliphatic rings. The average molecular weight is 352 g/mol. The third-order valence-corrected chi connectivity index (χ3v) is 7.68. The van der Waals surface area contributed by atoms with Crippen molar-refractivity contribution in [2.45, 2.75) is 50.8 Å². The molecule has 0 aromatic heterocycles. The van der Waals surface area contributed by atoms with Gasteiger partial charge in [0.05, 0.1) is 0 Å². The predicted molar refractivity (Wildman–Crippen MR) is 102 cm³/mol. The van der Waals surface area contributed by atoms with Crippen molar-refractivity contribution in [3.63, 3.8) is 0 Å². The number of nitrogens with zero attached hydrogens (tertiary/aromatic N) is 1. The smallest absolute Gasteiger partial charge is 0.130 e. The molecule has 2 fully saturated rings. The number of ketones is 1. The minimum Gasteiger partial charge on any atom is -0.381 e. The topological polar surface area (TPSA) is 52.6 Å². The number of Topliss-reactive ketones (excluding diaryl/α,β-unsaturated/α-hetero) is 1. The lowest BCUT2D eigenvalue weighted by atomic mass is 9.57. The van der Waals surface area contributed by atoms with Crippen LogP contribution in [0, 0.1) is 17.3 Å². The van der Waals surface area contributed by atoms with E-state index in [1.54, 1.807) is 6.92 Å². The molecule has 1 aliphatic carbocycles. The van der Waals surface area contributed by atoms with Crippen LogP contribution in [-0.4, -0.2) is 34.5 Å². The second kappa shape index (κ2) is 5.20. The van der Waals surface area contributed by atoms with Crippen LogP contribution in [0.15, 0.2) is 36.4 Å². The molecule has 26 heavy (non-hydrogen) atoms. The Balaban J connectivity index is 1.67. The maximum atomic E-state index is 12.0. The van der Waals surface area contributed by atoms with Crippen LogP contribution in [0.2, 0.25) is 0 Å². The number of allylic oxidation sites excluding steroid dienone is 1. The Morgan fingerprint density at radius 1 is 1.38 bits per heavy atom. The van der Waals surface area contributed by atoms with Gasteiger partial charge in [0, 0.05) is 42.1 Å². The number of fused-ring (bicyclic) bond motifs is 4. The molecule has 1 aromatic carbocycles. The molecule has 3 aliphatic heterocycles. The quantitative estimate of drug-likeness (QED) is 0.820. The second-order valence-corrected chi connectivity index (χ2v) is 8.92. The average Bonchev–Trinajstić information content (AvgIpc) is 3.05. The molecule has 0 amide bonds. The molecule has 0 saturated carbocycles. The van der Waals surface area contributed by atoms with Gasteiger partial charge in [0.25, 0.3) is 0 Å². The zero-order chi connectivity index (χ0) is 18.2. The molecule has 5 rings (SSSR count). The van der Waals surface area contributed by atoms with Crippen LogP contribution in [-0.2, 0) is 10.4 Å². The number of benzene rings is 1. The Morgan fingerprint density at radius 3 is 2.96 bits per heavy atom. The molecule has 2 saturated heterocycles. The first-order chi connectivity index (χ1) is 12.4. The summed E-state index contributed by atoms with van der Waals surface area (Å²) in [5.41, 5.74) is 0.891. The van der Waals surface area contributed by atoms with E-state index < -0.39 is 11.3 Å². The molecule has 3 heterocycles. The molecule has 2 bridgehead atoms. The molecule has 0 unspecified atom stereocenters. The Kier molecular flexibility index (Phi) is 3.31. The van der Waals surface area contributed by atoms with E-state index in [-0.39, 0.29) is 23.0 Å². The van der Waals surface area contributed by atoms with Crippen LogP contribution in [0.5, 0.6) is 0 Å². The van der Waals surface area contributed by atoms with Crippen LogP contribution in [0.4, 0.5) is 5.69 Å². The predicted octanol–water partition coefficient (Wildman–Crippen LogP) is 3.28. The largest absolute Gasteiger partial charge is 0.381 e. The summed E-state index contributed by atoms with van der Waals surface area (Å²) in [5, 5.41) is 15.8. The molecular weight excluding hydrogens is 324 g/mol. The van der Waals surface area contributed by atoms with Gasteiger partial charge in [-0.2, -0.15) is 0 Å². The highest BCUT2D eigenvalue weighted by molar-refractivity contribution is 5.76. The van der Waals surface area contributed by atoms with Gasteiger partial charge in [-0.25, -0.2) is 0 Å². The summed E-state index contributed by atoms with van der Waals surface area (Å²) in [6.07, 6.45) is 8.12. The Hall–Kier alpha value is -1.65. The number of hydrogen-bond donors (Lipinski definition) is 2. The highest BCUT2D eigenvalue weighted by Crippen LogP contribution is 2.64. The van der Waals surface area contributed by atoms with Crippen LogP contribution in [0.25, 0.3) is 0 Å². The number of hydrogen-bond acceptors (Lipinski definition) is 4. The summed E-state index contributed by atoms with van der Waals surface area (Å²) in [4.78, 5) is 14.5. The molecule has 2 N–H and O–H groups in total. The highest BCUT2D eigenvalue weighted by Gasteiger charge is 2.71. The van der Waals surface area contributed by atoms with E-state index in [1.807, 2.05) is 12.1 Å². The van der Waals surface area contributed by atoms with Gasteiger partial charge in [0.15, 0.2) is 0 Å². The zero-order valence-electron chi connectivity index (χ0n) is 15.7. The number of aliphatic hydroxyl groups is 1. The van der Waals surface area contributed by atoms with E-state index in [0.29, 0.717) is 6.42 Å². The summed E-state index contributed by atoms with van der Waals surface area (Å²) in [7, 11) is 0. The maximum Gasteiger partial charge on any atom is 0.130 e. The number of para-hydroxylation sites is 1. The van der Waals surface area contributed by atoms with Gasteiger partial charge < -0.3 is 15.2 Å². The molecule has 1 aromatic rings. The lowest BCUT2D eigenvalue weighted by molar-refractivity contribution is -0.135. The van der Waals surface area contributed by atoms with Crippen LogP contribution in [0.3, 0.4) is 0 Å². The molecular formula is C22H28N2O2. The van der Waals surface area contributed by atoms with E-state index in [0.717, 1.165) is 43.6 Å². The zero-order valence-corrected chi connectivity index (χ0v) is 15.7. The number of carbonyl (C=O) groups excluding carboxylic acids is 1. The molecule has 4 nitrogen and oxygen atoms in total. The van der Waals surface area contributed by atoms with Crippen molar-refractivity contribution < 1.29 is 9.90 Å². The Bertz CT molecular complexity index is 805. The van der Waals surface area contributed by atoms with Gasteiger partial charge in [-0.1, -0.05) is 37.3 Å². The van der Waals surface area contributed by atoms with Crippen molar-refractivity contribution >= 4 is 11.5 Å². The maximum absolute atomic E-state index is 12.0. The number of rotatable bonds is 3. The van der Waals surface area contributed by atoms with Crippen LogP contribution in [0.1, 0.15) is 45.1 Å². The van der Waals surface area contributed by atoms with Gasteiger partial charge in [-0.3, -0.25) is 4.90 Å². The van der Waals surface area contributed by atoms with Crippen molar-refractivity contribution in [2.24, 2.45) is 17.3 Å². The fraction of sp³-hybridized carbons (Fsp3) is 0.591. The fourth-order valence-electron chi connectivity index (χ4n) is 6.43. The summed E-state index contributed by atoms with van der Waals surface area (Å²) in [6, 6.07) is 8.21. The third-order valence-electron chi connectivity index (χ3n) is 7.68. The van der Waals surface area contributed by atoms with Gasteiger partial charge >= 0.3 is 0 Å². The third kappa shape index (κ3) is 1.84. The van der Waals surface area contributed by atoms with E-state index >= 15 is 0 Å². The first-order valence-corrected chi connectivity index (χ1v) is 9.98.